The van der Waals surface area contributed by atoms with Gasteiger partial charge in [-0.3, -0.25) is 0 Å². The summed E-state index contributed by atoms with van der Waals surface area (Å²) in [5, 5.41) is 7.51. The number of nitrogens with zero attached hydrogens (tertiary/aromatic N) is 4. The minimum Gasteiger partial charge on any atom is -0.493 e. The Bertz CT molecular complexity index is 865. The largest absolute Gasteiger partial charge is 0.493 e. The van der Waals surface area contributed by atoms with E-state index in [1.54, 1.807) is 13.2 Å². The van der Waals surface area contributed by atoms with Crippen molar-refractivity contribution in [3.63, 3.8) is 0 Å². The van der Waals surface area contributed by atoms with Crippen molar-refractivity contribution in [2.45, 2.75) is 6.92 Å². The van der Waals surface area contributed by atoms with Gasteiger partial charge in [-0.2, -0.15) is 0 Å². The molecule has 1 heterocycles. The number of hydrogen-bond acceptors (Lipinski definition) is 9. The van der Waals surface area contributed by atoms with Crippen LogP contribution in [-0.4, -0.2) is 43.2 Å². The lowest BCUT2D eigenvalue weighted by atomic mass is 10.1. The van der Waals surface area contributed by atoms with Crippen molar-refractivity contribution in [1.29, 1.82) is 0 Å². The molecule has 0 radical (unpaired) electrons. The van der Waals surface area contributed by atoms with E-state index in [1.807, 2.05) is 31.2 Å². The van der Waals surface area contributed by atoms with Crippen molar-refractivity contribution >= 4 is 23.8 Å². The van der Waals surface area contributed by atoms with Gasteiger partial charge in [-0.25, -0.2) is 9.97 Å². The molecule has 142 valence electrons. The Kier molecular flexibility index (Phi) is 7.12. The van der Waals surface area contributed by atoms with Crippen LogP contribution in [0.15, 0.2) is 40.9 Å². The van der Waals surface area contributed by atoms with Gasteiger partial charge in [-0.15, -0.1) is 0 Å². The quantitative estimate of drug-likeness (QED) is 0.560. The molecule has 2 rings (SSSR count). The van der Waals surface area contributed by atoms with Gasteiger partial charge in [-0.05, 0) is 30.7 Å². The van der Waals surface area contributed by atoms with Gasteiger partial charge in [0.2, 0.25) is 5.88 Å². The first-order chi connectivity index (χ1) is 13.1. The molecule has 27 heavy (non-hydrogen) atoms. The molecule has 0 saturated heterocycles. The minimum absolute atomic E-state index is 0.215. The van der Waals surface area contributed by atoms with Crippen LogP contribution in [0.2, 0.25) is 0 Å². The highest BCUT2D eigenvalue weighted by Gasteiger charge is 2.13. The molecule has 0 aliphatic heterocycles. The molecule has 0 amide bonds. The highest BCUT2D eigenvalue weighted by Crippen LogP contribution is 2.33. The second-order valence-electron chi connectivity index (χ2n) is 5.16. The van der Waals surface area contributed by atoms with Crippen LogP contribution in [0.1, 0.15) is 18.1 Å². The number of hydrogen-bond donors (Lipinski definition) is 1. The van der Waals surface area contributed by atoms with Crippen molar-refractivity contribution in [2.24, 2.45) is 10.3 Å². The van der Waals surface area contributed by atoms with Crippen molar-refractivity contribution < 1.29 is 19.1 Å². The highest BCUT2D eigenvalue weighted by atomic mass is 16.6. The summed E-state index contributed by atoms with van der Waals surface area (Å²) < 4.78 is 11.3. The first-order valence-corrected chi connectivity index (χ1v) is 7.87. The van der Waals surface area contributed by atoms with Crippen LogP contribution in [0.3, 0.4) is 0 Å². The summed E-state index contributed by atoms with van der Waals surface area (Å²) in [4.78, 5) is 17.4. The lowest BCUT2D eigenvalue weighted by molar-refractivity contribution is 0.213. The van der Waals surface area contributed by atoms with Crippen LogP contribution < -0.4 is 15.2 Å². The third kappa shape index (κ3) is 5.43. The Morgan fingerprint density at radius 1 is 1.11 bits per heavy atom. The average Bonchev–Trinajstić information content (AvgIpc) is 2.67. The number of aromatic nitrogens is 2. The molecule has 2 aromatic rings. The van der Waals surface area contributed by atoms with Gasteiger partial charge in [0.15, 0.2) is 11.5 Å². The van der Waals surface area contributed by atoms with Crippen molar-refractivity contribution in [2.75, 3.05) is 27.1 Å². The van der Waals surface area contributed by atoms with Crippen molar-refractivity contribution in [1.82, 2.24) is 9.97 Å². The molecule has 0 aliphatic rings. The standard InChI is InChI=1S/C18H21N5O4/c1-12(23-26-4)5-6-13-7-8-15(16(9-13)24-2)27-18-14(10-22-25-3)17(19)20-11-21-18/h5-11H,1-4H3,(H2,19,20,21)/b6-5+,22-10+,23-12+. The molecule has 1 aromatic carbocycles. The molecule has 0 bridgehead atoms. The van der Waals surface area contributed by atoms with Gasteiger partial charge in [-0.1, -0.05) is 22.5 Å². The molecule has 0 aliphatic carbocycles. The topological polar surface area (TPSA) is 113 Å². The zero-order valence-electron chi connectivity index (χ0n) is 15.5. The second-order valence-corrected chi connectivity index (χ2v) is 5.16. The van der Waals surface area contributed by atoms with Crippen LogP contribution in [0.4, 0.5) is 5.82 Å². The van der Waals surface area contributed by atoms with Gasteiger partial charge >= 0.3 is 0 Å². The van der Waals surface area contributed by atoms with E-state index in [0.29, 0.717) is 17.1 Å². The van der Waals surface area contributed by atoms with Gasteiger partial charge < -0.3 is 24.9 Å². The number of benzene rings is 1. The Morgan fingerprint density at radius 2 is 1.93 bits per heavy atom. The molecule has 2 N–H and O–H groups in total. The smallest absolute Gasteiger partial charge is 0.233 e. The number of ether oxygens (including phenoxy) is 2. The van der Waals surface area contributed by atoms with E-state index in [1.165, 1.54) is 26.8 Å². The van der Waals surface area contributed by atoms with E-state index in [-0.39, 0.29) is 11.7 Å². The minimum atomic E-state index is 0.215. The molecule has 9 heteroatoms. The van der Waals surface area contributed by atoms with Gasteiger partial charge in [0.25, 0.3) is 0 Å². The Hall–Kier alpha value is -3.62. The maximum absolute atomic E-state index is 5.86. The Balaban J connectivity index is 2.31. The molecule has 0 atom stereocenters. The van der Waals surface area contributed by atoms with E-state index in [4.69, 9.17) is 20.0 Å². The summed E-state index contributed by atoms with van der Waals surface area (Å²) in [6, 6.07) is 5.44. The Labute approximate surface area is 157 Å². The van der Waals surface area contributed by atoms with Gasteiger partial charge in [0, 0.05) is 0 Å². The summed E-state index contributed by atoms with van der Waals surface area (Å²) in [7, 11) is 4.47. The molecule has 0 spiro atoms. The molecule has 0 unspecified atom stereocenters. The zero-order valence-corrected chi connectivity index (χ0v) is 15.5. The number of nitrogen functional groups attached to an aromatic ring is 1. The van der Waals surface area contributed by atoms with E-state index in [2.05, 4.69) is 25.1 Å². The predicted molar refractivity (Wildman–Crippen MR) is 103 cm³/mol. The molecule has 0 fully saturated rings. The predicted octanol–water partition coefficient (Wildman–Crippen LogP) is 2.88. The van der Waals surface area contributed by atoms with E-state index in [9.17, 15) is 0 Å². The van der Waals surface area contributed by atoms with E-state index >= 15 is 0 Å². The van der Waals surface area contributed by atoms with Crippen LogP contribution in [0.25, 0.3) is 6.08 Å². The average molecular weight is 371 g/mol. The van der Waals surface area contributed by atoms with E-state index < -0.39 is 0 Å². The van der Waals surface area contributed by atoms with Gasteiger partial charge in [0.05, 0.1) is 19.0 Å². The first kappa shape index (κ1) is 19.7. The monoisotopic (exact) mass is 371 g/mol. The molecule has 1 aromatic heterocycles. The summed E-state index contributed by atoms with van der Waals surface area (Å²) in [5.41, 5.74) is 7.89. The molecule has 9 nitrogen and oxygen atoms in total. The fourth-order valence-electron chi connectivity index (χ4n) is 2.07. The van der Waals surface area contributed by atoms with Crippen molar-refractivity contribution in [3.8, 4) is 17.4 Å². The number of oxime groups is 2. The zero-order chi connectivity index (χ0) is 19.6. The number of allylic oxidation sites excluding steroid dienone is 1. The first-order valence-electron chi connectivity index (χ1n) is 7.87. The number of rotatable bonds is 8. The maximum atomic E-state index is 5.86. The lowest BCUT2D eigenvalue weighted by Gasteiger charge is -2.12. The molecular formula is C18H21N5O4. The second kappa shape index (κ2) is 9.76. The van der Waals surface area contributed by atoms with Crippen LogP contribution >= 0.6 is 0 Å². The summed E-state index contributed by atoms with van der Waals surface area (Å²) >= 11 is 0. The maximum Gasteiger partial charge on any atom is 0.233 e. The number of anilines is 1. The fourth-order valence-corrected chi connectivity index (χ4v) is 2.07. The summed E-state index contributed by atoms with van der Waals surface area (Å²) in [6.45, 7) is 1.83. The van der Waals surface area contributed by atoms with Crippen LogP contribution in [0.5, 0.6) is 17.4 Å². The number of nitrogens with two attached hydrogens (primary N) is 1. The fraction of sp³-hybridized carbons (Fsp3) is 0.222. The van der Waals surface area contributed by atoms with Crippen molar-refractivity contribution in [3.05, 3.63) is 41.7 Å². The summed E-state index contributed by atoms with van der Waals surface area (Å²) in [6.07, 6.45) is 6.38. The van der Waals surface area contributed by atoms with Crippen LogP contribution in [0, 0.1) is 0 Å². The van der Waals surface area contributed by atoms with Crippen LogP contribution in [-0.2, 0) is 9.68 Å². The van der Waals surface area contributed by atoms with Gasteiger partial charge in [0.1, 0.15) is 31.9 Å². The molecule has 0 saturated carbocycles. The SMILES string of the molecule is CO/N=C/c1c(N)ncnc1Oc1ccc(/C=C/C(C)=N/OC)cc1OC. The summed E-state index contributed by atoms with van der Waals surface area (Å²) in [5.74, 6) is 1.42. The third-order valence-electron chi connectivity index (χ3n) is 3.31. The highest BCUT2D eigenvalue weighted by molar-refractivity contribution is 5.96. The third-order valence-corrected chi connectivity index (χ3v) is 3.31. The Morgan fingerprint density at radius 3 is 2.63 bits per heavy atom. The van der Waals surface area contributed by atoms with E-state index in [0.717, 1.165) is 11.3 Å². The lowest BCUT2D eigenvalue weighted by Crippen LogP contribution is -2.03. The molecular weight excluding hydrogens is 350 g/mol. The normalized spacial score (nSPS) is 11.8. The number of methoxy groups -OCH3 is 1.